The van der Waals surface area contributed by atoms with Crippen LogP contribution in [0.25, 0.3) is 10.8 Å². The van der Waals surface area contributed by atoms with Crippen LogP contribution in [0.3, 0.4) is 0 Å². The second-order valence-corrected chi connectivity index (χ2v) is 5.67. The topological polar surface area (TPSA) is 59.9 Å². The molecule has 1 aliphatic heterocycles. The van der Waals surface area contributed by atoms with Gasteiger partial charge in [-0.2, -0.15) is 5.10 Å². The molecule has 3 aromatic carbocycles. The quantitative estimate of drug-likeness (QED) is 0.592. The Morgan fingerprint density at radius 3 is 2.68 bits per heavy atom. The van der Waals surface area contributed by atoms with Gasteiger partial charge in [0, 0.05) is 5.56 Å². The van der Waals surface area contributed by atoms with Gasteiger partial charge in [-0.1, -0.05) is 54.6 Å². The van der Waals surface area contributed by atoms with E-state index in [-0.39, 0.29) is 12.5 Å². The van der Waals surface area contributed by atoms with Crippen LogP contribution in [0.1, 0.15) is 5.56 Å². The molecule has 1 atom stereocenters. The van der Waals surface area contributed by atoms with Crippen LogP contribution in [0.2, 0.25) is 0 Å². The molecule has 25 heavy (non-hydrogen) atoms. The molecule has 1 aliphatic rings. The van der Waals surface area contributed by atoms with E-state index >= 15 is 0 Å². The average Bonchev–Trinajstić information content (AvgIpc) is 2.67. The van der Waals surface area contributed by atoms with Crippen LogP contribution < -0.4 is 14.9 Å². The third-order valence-corrected chi connectivity index (χ3v) is 4.00. The minimum absolute atomic E-state index is 0.159. The van der Waals surface area contributed by atoms with Gasteiger partial charge in [0.2, 0.25) is 6.10 Å². The number of benzene rings is 3. The fourth-order valence-corrected chi connectivity index (χ4v) is 2.75. The number of carbonyl (C=O) groups is 1. The molecule has 5 nitrogen and oxygen atoms in total. The van der Waals surface area contributed by atoms with E-state index in [1.165, 1.54) is 0 Å². The van der Waals surface area contributed by atoms with Crippen LogP contribution >= 0.6 is 0 Å². The minimum Gasteiger partial charge on any atom is -0.485 e. The zero-order valence-corrected chi connectivity index (χ0v) is 13.4. The maximum Gasteiger partial charge on any atom is 0.284 e. The molecule has 0 saturated heterocycles. The first-order chi connectivity index (χ1) is 12.3. The van der Waals surface area contributed by atoms with Gasteiger partial charge in [0.05, 0.1) is 6.21 Å². The molecular formula is C20H16N2O3. The number of ether oxygens (including phenoxy) is 2. The number of hydrogen-bond donors (Lipinski definition) is 1. The molecule has 0 aromatic heterocycles. The fraction of sp³-hybridized carbons (Fsp3) is 0.100. The Hall–Kier alpha value is -3.34. The van der Waals surface area contributed by atoms with Crippen molar-refractivity contribution in [1.82, 2.24) is 5.43 Å². The maximum absolute atomic E-state index is 12.2. The summed E-state index contributed by atoms with van der Waals surface area (Å²) in [6.45, 7) is 0.159. The van der Waals surface area contributed by atoms with Gasteiger partial charge in [0.25, 0.3) is 5.91 Å². The van der Waals surface area contributed by atoms with Crippen molar-refractivity contribution in [3.63, 3.8) is 0 Å². The molecule has 0 aliphatic carbocycles. The monoisotopic (exact) mass is 332 g/mol. The van der Waals surface area contributed by atoms with Gasteiger partial charge in [-0.25, -0.2) is 5.43 Å². The van der Waals surface area contributed by atoms with Crippen molar-refractivity contribution in [2.75, 3.05) is 6.61 Å². The first-order valence-electron chi connectivity index (χ1n) is 8.00. The van der Waals surface area contributed by atoms with E-state index in [1.54, 1.807) is 12.3 Å². The average molecular weight is 332 g/mol. The van der Waals surface area contributed by atoms with Crippen LogP contribution in [0.4, 0.5) is 0 Å². The molecule has 1 heterocycles. The zero-order chi connectivity index (χ0) is 17.1. The lowest BCUT2D eigenvalue weighted by Gasteiger charge is -2.24. The van der Waals surface area contributed by atoms with Gasteiger partial charge in [-0.15, -0.1) is 0 Å². The highest BCUT2D eigenvalue weighted by Gasteiger charge is 2.26. The summed E-state index contributed by atoms with van der Waals surface area (Å²) >= 11 is 0. The smallest absolute Gasteiger partial charge is 0.284 e. The summed E-state index contributed by atoms with van der Waals surface area (Å²) in [7, 11) is 0. The van der Waals surface area contributed by atoms with Crippen molar-refractivity contribution < 1.29 is 14.3 Å². The molecule has 1 N–H and O–H groups in total. The number of carbonyl (C=O) groups excluding carboxylic acids is 1. The number of fused-ring (bicyclic) bond motifs is 2. The van der Waals surface area contributed by atoms with E-state index in [1.807, 2.05) is 60.7 Å². The van der Waals surface area contributed by atoms with Gasteiger partial charge in [-0.05, 0) is 22.9 Å². The largest absolute Gasteiger partial charge is 0.485 e. The lowest BCUT2D eigenvalue weighted by molar-refractivity contribution is -0.130. The summed E-state index contributed by atoms with van der Waals surface area (Å²) in [5.74, 6) is 0.865. The van der Waals surface area contributed by atoms with Crippen molar-refractivity contribution in [3.8, 4) is 11.5 Å². The second kappa shape index (κ2) is 6.65. The van der Waals surface area contributed by atoms with Crippen LogP contribution in [-0.4, -0.2) is 24.8 Å². The molecule has 0 radical (unpaired) electrons. The number of amides is 1. The highest BCUT2D eigenvalue weighted by Crippen LogP contribution is 2.30. The molecule has 0 spiro atoms. The van der Waals surface area contributed by atoms with E-state index < -0.39 is 6.10 Å². The highest BCUT2D eigenvalue weighted by atomic mass is 16.6. The molecule has 1 amide bonds. The SMILES string of the molecule is O=C(N/N=C\c1cccc2ccccc12)[C@H]1COc2ccccc2O1. The standard InChI is InChI=1S/C20H16N2O3/c23-20(19-13-24-17-10-3-4-11-18(17)25-19)22-21-12-15-8-5-7-14-6-1-2-9-16(14)15/h1-12,19H,13H2,(H,22,23)/b21-12-/t19-/m1/s1. The van der Waals surface area contributed by atoms with Crippen LogP contribution in [-0.2, 0) is 4.79 Å². The van der Waals surface area contributed by atoms with Crippen molar-refractivity contribution in [2.24, 2.45) is 5.10 Å². The lowest BCUT2D eigenvalue weighted by Crippen LogP contribution is -2.42. The molecule has 124 valence electrons. The molecule has 4 rings (SSSR count). The summed E-state index contributed by atoms with van der Waals surface area (Å²) < 4.78 is 11.2. The molecular weight excluding hydrogens is 316 g/mol. The Kier molecular flexibility index (Phi) is 4.04. The van der Waals surface area contributed by atoms with Gasteiger partial charge in [0.1, 0.15) is 6.61 Å². The van der Waals surface area contributed by atoms with Crippen molar-refractivity contribution in [2.45, 2.75) is 6.10 Å². The van der Waals surface area contributed by atoms with Gasteiger partial charge < -0.3 is 9.47 Å². The predicted octanol–water partition coefficient (Wildman–Crippen LogP) is 3.13. The Bertz CT molecular complexity index is 947. The number of nitrogens with one attached hydrogen (secondary N) is 1. The third-order valence-electron chi connectivity index (χ3n) is 4.00. The zero-order valence-electron chi connectivity index (χ0n) is 13.4. The van der Waals surface area contributed by atoms with E-state index in [9.17, 15) is 4.79 Å². The van der Waals surface area contributed by atoms with E-state index in [4.69, 9.17) is 9.47 Å². The Labute approximate surface area is 144 Å². The number of hydrogen-bond acceptors (Lipinski definition) is 4. The summed E-state index contributed by atoms with van der Waals surface area (Å²) in [4.78, 5) is 12.2. The molecule has 0 fully saturated rings. The number of hydrazone groups is 1. The Morgan fingerprint density at radius 1 is 1.00 bits per heavy atom. The van der Waals surface area contributed by atoms with E-state index in [2.05, 4.69) is 10.5 Å². The Balaban J connectivity index is 1.44. The maximum atomic E-state index is 12.2. The van der Waals surface area contributed by atoms with Gasteiger partial charge >= 0.3 is 0 Å². The minimum atomic E-state index is -0.723. The van der Waals surface area contributed by atoms with Gasteiger partial charge in [0.15, 0.2) is 11.5 Å². The van der Waals surface area contributed by atoms with Crippen molar-refractivity contribution in [1.29, 1.82) is 0 Å². The Morgan fingerprint density at radius 2 is 1.76 bits per heavy atom. The predicted molar refractivity (Wildman–Crippen MR) is 96.0 cm³/mol. The summed E-state index contributed by atoms with van der Waals surface area (Å²) in [5.41, 5.74) is 3.46. The van der Waals surface area contributed by atoms with Crippen molar-refractivity contribution in [3.05, 3.63) is 72.3 Å². The fourth-order valence-electron chi connectivity index (χ4n) is 2.75. The highest BCUT2D eigenvalue weighted by molar-refractivity contribution is 6.00. The van der Waals surface area contributed by atoms with E-state index in [0.29, 0.717) is 11.5 Å². The van der Waals surface area contributed by atoms with Gasteiger partial charge in [-0.3, -0.25) is 4.79 Å². The summed E-state index contributed by atoms with van der Waals surface area (Å²) in [6, 6.07) is 21.2. The van der Waals surface area contributed by atoms with Crippen LogP contribution in [0.5, 0.6) is 11.5 Å². The number of nitrogens with zero attached hydrogens (tertiary/aromatic N) is 1. The number of para-hydroxylation sites is 2. The molecule has 0 bridgehead atoms. The molecule has 0 unspecified atom stereocenters. The van der Waals surface area contributed by atoms with Crippen LogP contribution in [0.15, 0.2) is 71.8 Å². The van der Waals surface area contributed by atoms with Crippen molar-refractivity contribution >= 4 is 22.9 Å². The third kappa shape index (κ3) is 3.17. The normalized spacial score (nSPS) is 16.1. The molecule has 5 heteroatoms. The summed E-state index contributed by atoms with van der Waals surface area (Å²) in [6.07, 6.45) is 0.914. The van der Waals surface area contributed by atoms with Crippen LogP contribution in [0, 0.1) is 0 Å². The second-order valence-electron chi connectivity index (χ2n) is 5.67. The number of rotatable bonds is 3. The summed E-state index contributed by atoms with van der Waals surface area (Å²) in [5, 5.41) is 6.26. The lowest BCUT2D eigenvalue weighted by atomic mass is 10.1. The van der Waals surface area contributed by atoms with E-state index in [0.717, 1.165) is 16.3 Å². The molecule has 3 aromatic rings. The molecule has 0 saturated carbocycles. The first kappa shape index (κ1) is 15.2. The first-order valence-corrected chi connectivity index (χ1v) is 8.00.